The molecule has 0 nitrogen and oxygen atoms in total. The maximum absolute atomic E-state index is 2.44. The first-order valence-electron chi connectivity index (χ1n) is 15.0. The number of hydrogen-bond acceptors (Lipinski definition) is 2. The van der Waals surface area contributed by atoms with Crippen LogP contribution in [0.4, 0.5) is 0 Å². The first-order chi connectivity index (χ1) is 21.8. The first kappa shape index (κ1) is 24.4. The molecule has 2 aromatic heterocycles. The van der Waals surface area contributed by atoms with Gasteiger partial charge >= 0.3 is 0 Å². The third-order valence-electron chi connectivity index (χ3n) is 9.26. The number of benzene rings is 8. The third-order valence-corrected chi connectivity index (χ3v) is 11.5. The Bertz CT molecular complexity index is 2710. The molecule has 10 rings (SSSR count). The summed E-state index contributed by atoms with van der Waals surface area (Å²) in [6.07, 6.45) is 0. The van der Waals surface area contributed by atoms with Gasteiger partial charge in [0.2, 0.25) is 0 Å². The van der Waals surface area contributed by atoms with Crippen LogP contribution in [0.2, 0.25) is 0 Å². The lowest BCUT2D eigenvalue weighted by atomic mass is 9.84. The van der Waals surface area contributed by atoms with E-state index < -0.39 is 0 Å². The van der Waals surface area contributed by atoms with Crippen molar-refractivity contribution in [3.63, 3.8) is 0 Å². The van der Waals surface area contributed by atoms with Gasteiger partial charge in [-0.2, -0.15) is 0 Å². The highest BCUT2D eigenvalue weighted by atomic mass is 32.1. The minimum Gasteiger partial charge on any atom is -0.135 e. The molecule has 0 bridgehead atoms. The van der Waals surface area contributed by atoms with Crippen LogP contribution in [0.1, 0.15) is 0 Å². The molecule has 0 fully saturated rings. The van der Waals surface area contributed by atoms with Crippen molar-refractivity contribution in [2.45, 2.75) is 0 Å². The predicted molar refractivity (Wildman–Crippen MR) is 196 cm³/mol. The van der Waals surface area contributed by atoms with Crippen molar-refractivity contribution < 1.29 is 0 Å². The Morgan fingerprint density at radius 1 is 0.318 bits per heavy atom. The van der Waals surface area contributed by atoms with Crippen molar-refractivity contribution in [3.8, 4) is 22.3 Å². The lowest BCUT2D eigenvalue weighted by Crippen LogP contribution is -1.91. The SMILES string of the molecule is c1ccc2c(-c3c4ccccc4c(-c4ccc5c(c4)sc4ccc6sc7ccccc7c6c45)c4ccccc34)cccc2c1. The van der Waals surface area contributed by atoms with Crippen LogP contribution in [-0.4, -0.2) is 0 Å². The summed E-state index contributed by atoms with van der Waals surface area (Å²) in [6.45, 7) is 0. The Morgan fingerprint density at radius 2 is 0.841 bits per heavy atom. The van der Waals surface area contributed by atoms with Crippen LogP contribution < -0.4 is 0 Å². The van der Waals surface area contributed by atoms with E-state index in [9.17, 15) is 0 Å². The minimum absolute atomic E-state index is 1.27. The van der Waals surface area contributed by atoms with Gasteiger partial charge in [0.15, 0.2) is 0 Å². The summed E-state index contributed by atoms with van der Waals surface area (Å²) in [4.78, 5) is 0. The van der Waals surface area contributed by atoms with Gasteiger partial charge in [0.05, 0.1) is 0 Å². The Kier molecular flexibility index (Phi) is 5.13. The molecule has 8 aromatic carbocycles. The van der Waals surface area contributed by atoms with Crippen molar-refractivity contribution in [1.82, 2.24) is 0 Å². The van der Waals surface area contributed by atoms with Gasteiger partial charge in [0.1, 0.15) is 0 Å². The van der Waals surface area contributed by atoms with E-state index in [2.05, 4.69) is 146 Å². The first-order valence-corrected chi connectivity index (χ1v) is 16.7. The molecule has 44 heavy (non-hydrogen) atoms. The molecule has 0 aliphatic heterocycles. The zero-order valence-electron chi connectivity index (χ0n) is 23.7. The summed E-state index contributed by atoms with van der Waals surface area (Å²) in [5.41, 5.74) is 5.18. The average molecular weight is 593 g/mol. The van der Waals surface area contributed by atoms with Gasteiger partial charge in [-0.25, -0.2) is 0 Å². The predicted octanol–water partition coefficient (Wildman–Crippen LogP) is 13.2. The van der Waals surface area contributed by atoms with Gasteiger partial charge in [-0.1, -0.05) is 121 Å². The number of thiophene rings is 2. The fourth-order valence-electron chi connectivity index (χ4n) is 7.41. The molecule has 2 heterocycles. The molecule has 0 amide bonds. The summed E-state index contributed by atoms with van der Waals surface area (Å²) >= 11 is 3.81. The standard InChI is InChI=1S/C42H24S2/c1-2-12-27-25(10-1)11-9-18-28(27)40-31-15-5-3-13-29(31)39(30-14-4-6-16-32(30)40)26-20-21-34-38(24-26)44-37-23-22-36-41(42(34)37)33-17-7-8-19-35(33)43-36/h1-24H. The highest BCUT2D eigenvalue weighted by Crippen LogP contribution is 2.48. The summed E-state index contributed by atoms with van der Waals surface area (Å²) in [7, 11) is 0. The van der Waals surface area contributed by atoms with Gasteiger partial charge in [-0.15, -0.1) is 22.7 Å². The van der Waals surface area contributed by atoms with Crippen LogP contribution in [0.25, 0.3) is 94.9 Å². The van der Waals surface area contributed by atoms with Crippen molar-refractivity contribution >= 4 is 95.3 Å². The Morgan fingerprint density at radius 3 is 1.55 bits per heavy atom. The summed E-state index contributed by atoms with van der Waals surface area (Å²) in [6, 6.07) is 54.0. The van der Waals surface area contributed by atoms with E-state index in [1.165, 1.54) is 94.9 Å². The fourth-order valence-corrected chi connectivity index (χ4v) is 9.68. The van der Waals surface area contributed by atoms with E-state index in [1.807, 2.05) is 22.7 Å². The normalized spacial score (nSPS) is 12.1. The van der Waals surface area contributed by atoms with E-state index in [4.69, 9.17) is 0 Å². The molecular weight excluding hydrogens is 569 g/mol. The molecule has 0 aliphatic carbocycles. The number of fused-ring (bicyclic) bond motifs is 10. The van der Waals surface area contributed by atoms with Crippen molar-refractivity contribution in [2.24, 2.45) is 0 Å². The van der Waals surface area contributed by atoms with Gasteiger partial charge < -0.3 is 0 Å². The number of hydrogen-bond donors (Lipinski definition) is 0. The van der Waals surface area contributed by atoms with Crippen molar-refractivity contribution in [1.29, 1.82) is 0 Å². The molecule has 0 spiro atoms. The smallest absolute Gasteiger partial charge is 0.0362 e. The van der Waals surface area contributed by atoms with E-state index >= 15 is 0 Å². The Labute approximate surface area is 262 Å². The minimum atomic E-state index is 1.27. The van der Waals surface area contributed by atoms with Crippen LogP contribution in [0.3, 0.4) is 0 Å². The third kappa shape index (κ3) is 3.38. The van der Waals surface area contributed by atoms with E-state index in [0.717, 1.165) is 0 Å². The molecule has 0 unspecified atom stereocenters. The fraction of sp³-hybridized carbons (Fsp3) is 0. The van der Waals surface area contributed by atoms with Crippen LogP contribution in [-0.2, 0) is 0 Å². The molecule has 0 aliphatic rings. The van der Waals surface area contributed by atoms with Crippen molar-refractivity contribution in [3.05, 3.63) is 146 Å². The molecule has 0 radical (unpaired) electrons. The van der Waals surface area contributed by atoms with Gasteiger partial charge in [0, 0.05) is 40.3 Å². The van der Waals surface area contributed by atoms with Gasteiger partial charge in [-0.05, 0) is 78.8 Å². The summed E-state index contributed by atoms with van der Waals surface area (Å²) < 4.78 is 5.42. The Hall–Kier alpha value is -5.02. The second-order valence-corrected chi connectivity index (χ2v) is 13.8. The van der Waals surface area contributed by atoms with Crippen LogP contribution >= 0.6 is 22.7 Å². The summed E-state index contributed by atoms with van der Waals surface area (Å²) in [5, 5.41) is 13.2. The highest BCUT2D eigenvalue weighted by molar-refractivity contribution is 7.28. The summed E-state index contributed by atoms with van der Waals surface area (Å²) in [5.74, 6) is 0. The molecule has 0 atom stereocenters. The zero-order chi connectivity index (χ0) is 28.8. The monoisotopic (exact) mass is 592 g/mol. The van der Waals surface area contributed by atoms with Gasteiger partial charge in [0.25, 0.3) is 0 Å². The van der Waals surface area contributed by atoms with Crippen molar-refractivity contribution in [2.75, 3.05) is 0 Å². The zero-order valence-corrected chi connectivity index (χ0v) is 25.3. The average Bonchev–Trinajstić information content (AvgIpc) is 3.64. The lowest BCUT2D eigenvalue weighted by Gasteiger charge is -2.18. The molecular formula is C42H24S2. The van der Waals surface area contributed by atoms with E-state index in [-0.39, 0.29) is 0 Å². The molecule has 2 heteroatoms. The molecule has 0 saturated carbocycles. The quantitative estimate of drug-likeness (QED) is 0.175. The molecule has 0 N–H and O–H groups in total. The van der Waals surface area contributed by atoms with Gasteiger partial charge in [-0.3, -0.25) is 0 Å². The van der Waals surface area contributed by atoms with Crippen LogP contribution in [0.5, 0.6) is 0 Å². The molecule has 204 valence electrons. The second-order valence-electron chi connectivity index (χ2n) is 11.6. The highest BCUT2D eigenvalue weighted by Gasteiger charge is 2.19. The van der Waals surface area contributed by atoms with Crippen LogP contribution in [0.15, 0.2) is 146 Å². The molecule has 10 aromatic rings. The van der Waals surface area contributed by atoms with Crippen LogP contribution in [0, 0.1) is 0 Å². The maximum atomic E-state index is 2.44. The number of rotatable bonds is 2. The molecule has 0 saturated heterocycles. The Balaban J connectivity index is 1.29. The van der Waals surface area contributed by atoms with E-state index in [1.54, 1.807) is 0 Å². The van der Waals surface area contributed by atoms with E-state index in [0.29, 0.717) is 0 Å². The lowest BCUT2D eigenvalue weighted by molar-refractivity contribution is 1.69. The second kappa shape index (κ2) is 9.24. The maximum Gasteiger partial charge on any atom is 0.0362 e. The topological polar surface area (TPSA) is 0 Å². The largest absolute Gasteiger partial charge is 0.135 e.